The van der Waals surface area contributed by atoms with Crippen LogP contribution in [0.4, 0.5) is 15.9 Å². The molecule has 27 heavy (non-hydrogen) atoms. The third kappa shape index (κ3) is 3.36. The van der Waals surface area contributed by atoms with Crippen molar-refractivity contribution in [3.63, 3.8) is 0 Å². The molecule has 0 aliphatic rings. The SMILES string of the molecule is Cc1ccc(N=Nc2c(-c3ccc(F)cc3)nc3cc(C)ccn23)c(C)c1. The monoisotopic (exact) mass is 358 g/mol. The molecule has 0 radical (unpaired) electrons. The molecule has 0 fully saturated rings. The van der Waals surface area contributed by atoms with E-state index in [1.807, 2.05) is 55.6 Å². The van der Waals surface area contributed by atoms with Crippen molar-refractivity contribution < 1.29 is 4.39 Å². The molecule has 0 saturated carbocycles. The van der Waals surface area contributed by atoms with E-state index in [1.54, 1.807) is 12.1 Å². The summed E-state index contributed by atoms with van der Waals surface area (Å²) in [6, 6.07) is 16.3. The molecular formula is C22H19FN4. The number of azo groups is 1. The molecule has 0 aliphatic carbocycles. The fraction of sp³-hybridized carbons (Fsp3) is 0.136. The highest BCUT2D eigenvalue weighted by molar-refractivity contribution is 5.74. The number of pyridine rings is 1. The Morgan fingerprint density at radius 2 is 1.59 bits per heavy atom. The van der Waals surface area contributed by atoms with Crippen LogP contribution < -0.4 is 0 Å². The number of fused-ring (bicyclic) bond motifs is 1. The Bertz CT molecular complexity index is 1160. The number of halogens is 1. The molecule has 134 valence electrons. The summed E-state index contributed by atoms with van der Waals surface area (Å²) >= 11 is 0. The normalized spacial score (nSPS) is 11.6. The van der Waals surface area contributed by atoms with Crippen molar-refractivity contribution in [1.82, 2.24) is 9.38 Å². The Morgan fingerprint density at radius 3 is 2.33 bits per heavy atom. The first kappa shape index (κ1) is 17.1. The van der Waals surface area contributed by atoms with Gasteiger partial charge in [-0.3, -0.25) is 4.40 Å². The van der Waals surface area contributed by atoms with Crippen LogP contribution in [0.2, 0.25) is 0 Å². The average Bonchev–Trinajstić information content (AvgIpc) is 2.99. The highest BCUT2D eigenvalue weighted by Crippen LogP contribution is 2.33. The lowest BCUT2D eigenvalue weighted by molar-refractivity contribution is 0.628. The third-order valence-electron chi connectivity index (χ3n) is 4.48. The maximum absolute atomic E-state index is 13.3. The van der Waals surface area contributed by atoms with Gasteiger partial charge in [-0.1, -0.05) is 17.7 Å². The van der Waals surface area contributed by atoms with Crippen molar-refractivity contribution in [2.24, 2.45) is 10.2 Å². The second-order valence-electron chi connectivity index (χ2n) is 6.71. The van der Waals surface area contributed by atoms with Crippen LogP contribution in [-0.4, -0.2) is 9.38 Å². The van der Waals surface area contributed by atoms with Crippen molar-refractivity contribution >= 4 is 17.2 Å². The van der Waals surface area contributed by atoms with E-state index < -0.39 is 0 Å². The molecule has 2 heterocycles. The van der Waals surface area contributed by atoms with E-state index >= 15 is 0 Å². The summed E-state index contributed by atoms with van der Waals surface area (Å²) in [5, 5.41) is 8.97. The lowest BCUT2D eigenvalue weighted by atomic mass is 10.1. The third-order valence-corrected chi connectivity index (χ3v) is 4.48. The number of rotatable bonds is 3. The van der Waals surface area contributed by atoms with Gasteiger partial charge in [0, 0.05) is 11.8 Å². The van der Waals surface area contributed by atoms with Gasteiger partial charge in [0.1, 0.15) is 17.2 Å². The first-order valence-corrected chi connectivity index (χ1v) is 8.75. The molecule has 0 bridgehead atoms. The highest BCUT2D eigenvalue weighted by Gasteiger charge is 2.14. The Hall–Kier alpha value is -3.34. The first-order valence-electron chi connectivity index (χ1n) is 8.75. The molecule has 0 saturated heterocycles. The van der Waals surface area contributed by atoms with Gasteiger partial charge in [-0.15, -0.1) is 10.2 Å². The van der Waals surface area contributed by atoms with Gasteiger partial charge in [-0.2, -0.15) is 0 Å². The molecule has 0 atom stereocenters. The molecule has 4 rings (SSSR count). The van der Waals surface area contributed by atoms with Crippen LogP contribution in [0.1, 0.15) is 16.7 Å². The van der Waals surface area contributed by atoms with Gasteiger partial charge in [0.2, 0.25) is 0 Å². The molecule has 4 aromatic rings. The van der Waals surface area contributed by atoms with Gasteiger partial charge >= 0.3 is 0 Å². The number of aryl methyl sites for hydroxylation is 3. The van der Waals surface area contributed by atoms with Gasteiger partial charge in [-0.05, 0) is 74.4 Å². The predicted octanol–water partition coefficient (Wildman–Crippen LogP) is 6.48. The summed E-state index contributed by atoms with van der Waals surface area (Å²) in [5.41, 5.74) is 6.42. The minimum absolute atomic E-state index is 0.281. The Kier molecular flexibility index (Phi) is 4.28. The number of aromatic nitrogens is 2. The molecular weight excluding hydrogens is 339 g/mol. The maximum Gasteiger partial charge on any atom is 0.187 e. The van der Waals surface area contributed by atoms with E-state index in [0.29, 0.717) is 11.5 Å². The fourth-order valence-electron chi connectivity index (χ4n) is 3.05. The van der Waals surface area contributed by atoms with E-state index in [-0.39, 0.29) is 5.82 Å². The standard InChI is InChI=1S/C22H19FN4/c1-14-4-9-19(16(3)12-14)25-26-22-21(17-5-7-18(23)8-6-17)24-20-13-15(2)10-11-27(20)22/h4-13H,1-3H3. The fourth-order valence-corrected chi connectivity index (χ4v) is 3.05. The summed E-state index contributed by atoms with van der Waals surface area (Å²) in [6.45, 7) is 6.08. The zero-order valence-corrected chi connectivity index (χ0v) is 15.4. The Labute approximate surface area is 157 Å². The maximum atomic E-state index is 13.3. The second kappa shape index (κ2) is 6.76. The van der Waals surface area contributed by atoms with Crippen LogP contribution >= 0.6 is 0 Å². The highest BCUT2D eigenvalue weighted by atomic mass is 19.1. The van der Waals surface area contributed by atoms with E-state index in [9.17, 15) is 4.39 Å². The molecule has 2 aromatic carbocycles. The largest absolute Gasteiger partial charge is 0.283 e. The summed E-state index contributed by atoms with van der Waals surface area (Å²) in [7, 11) is 0. The summed E-state index contributed by atoms with van der Waals surface area (Å²) < 4.78 is 15.2. The van der Waals surface area contributed by atoms with Crippen molar-refractivity contribution in [1.29, 1.82) is 0 Å². The van der Waals surface area contributed by atoms with Crippen LogP contribution in [-0.2, 0) is 0 Å². The molecule has 0 spiro atoms. The van der Waals surface area contributed by atoms with Crippen LogP contribution in [0.15, 0.2) is 71.0 Å². The minimum atomic E-state index is -0.281. The molecule has 2 aromatic heterocycles. The smallest absolute Gasteiger partial charge is 0.187 e. The van der Waals surface area contributed by atoms with E-state index in [4.69, 9.17) is 4.98 Å². The van der Waals surface area contributed by atoms with E-state index in [2.05, 4.69) is 16.3 Å². The first-order chi connectivity index (χ1) is 13.0. The van der Waals surface area contributed by atoms with Crippen molar-refractivity contribution in [3.8, 4) is 11.3 Å². The van der Waals surface area contributed by atoms with Gasteiger partial charge in [-0.25, -0.2) is 9.37 Å². The van der Waals surface area contributed by atoms with Crippen molar-refractivity contribution in [3.05, 3.63) is 83.3 Å². The molecule has 0 unspecified atom stereocenters. The average molecular weight is 358 g/mol. The quantitative estimate of drug-likeness (QED) is 0.386. The number of hydrogen-bond donors (Lipinski definition) is 0. The van der Waals surface area contributed by atoms with Gasteiger partial charge in [0.05, 0.1) is 5.69 Å². The predicted molar refractivity (Wildman–Crippen MR) is 105 cm³/mol. The molecule has 0 aliphatic heterocycles. The Balaban J connectivity index is 1.88. The molecule has 0 N–H and O–H groups in total. The van der Waals surface area contributed by atoms with Gasteiger partial charge < -0.3 is 0 Å². The van der Waals surface area contributed by atoms with Gasteiger partial charge in [0.25, 0.3) is 0 Å². The zero-order chi connectivity index (χ0) is 19.0. The number of imidazole rings is 1. The van der Waals surface area contributed by atoms with Crippen LogP contribution in [0.3, 0.4) is 0 Å². The number of hydrogen-bond acceptors (Lipinski definition) is 3. The second-order valence-corrected chi connectivity index (χ2v) is 6.71. The lowest BCUT2D eigenvalue weighted by Gasteiger charge is -2.02. The molecule has 4 nitrogen and oxygen atoms in total. The summed E-state index contributed by atoms with van der Waals surface area (Å²) in [6.07, 6.45) is 1.93. The van der Waals surface area contributed by atoms with Gasteiger partial charge in [0.15, 0.2) is 5.82 Å². The molecule has 0 amide bonds. The Morgan fingerprint density at radius 1 is 0.852 bits per heavy atom. The number of nitrogens with zero attached hydrogens (tertiary/aromatic N) is 4. The van der Waals surface area contributed by atoms with Crippen molar-refractivity contribution in [2.75, 3.05) is 0 Å². The van der Waals surface area contributed by atoms with E-state index in [1.165, 1.54) is 17.7 Å². The molecule has 5 heteroatoms. The van der Waals surface area contributed by atoms with Crippen molar-refractivity contribution in [2.45, 2.75) is 20.8 Å². The minimum Gasteiger partial charge on any atom is -0.283 e. The lowest BCUT2D eigenvalue weighted by Crippen LogP contribution is -1.84. The van der Waals surface area contributed by atoms with Crippen LogP contribution in [0, 0.1) is 26.6 Å². The topological polar surface area (TPSA) is 42.0 Å². The van der Waals surface area contributed by atoms with Crippen LogP contribution in [0.25, 0.3) is 16.9 Å². The van der Waals surface area contributed by atoms with E-state index in [0.717, 1.165) is 28.0 Å². The summed E-state index contributed by atoms with van der Waals surface area (Å²) in [5.74, 6) is 0.341. The number of benzene rings is 2. The summed E-state index contributed by atoms with van der Waals surface area (Å²) in [4.78, 5) is 4.71. The van der Waals surface area contributed by atoms with Crippen LogP contribution in [0.5, 0.6) is 0 Å². The zero-order valence-electron chi connectivity index (χ0n) is 15.4.